The summed E-state index contributed by atoms with van der Waals surface area (Å²) in [4.78, 5) is 34.5. The second-order valence-corrected chi connectivity index (χ2v) is 3.93. The molecule has 0 heterocycles. The second-order valence-electron chi connectivity index (χ2n) is 3.93. The van der Waals surface area contributed by atoms with Crippen molar-refractivity contribution in [3.8, 4) is 0 Å². The van der Waals surface area contributed by atoms with Crippen molar-refractivity contribution in [2.45, 2.75) is 6.92 Å². The standard InChI is InChI=1S/C14H11NO3/c1-9-4-2-3-5-12(9)15-14(18)11-8-10(16)6-7-13(11)17/h2-8H,1H3,(H,15,18). The summed E-state index contributed by atoms with van der Waals surface area (Å²) in [6, 6.07) is 7.21. The first-order valence-corrected chi connectivity index (χ1v) is 5.43. The number of para-hydroxylation sites is 1. The summed E-state index contributed by atoms with van der Waals surface area (Å²) in [6.45, 7) is 1.84. The van der Waals surface area contributed by atoms with Gasteiger partial charge in [-0.1, -0.05) is 18.2 Å². The Kier molecular flexibility index (Phi) is 3.19. The maximum Gasteiger partial charge on any atom is 0.259 e. The van der Waals surface area contributed by atoms with Crippen LogP contribution in [0.1, 0.15) is 5.56 Å². The molecule has 0 radical (unpaired) electrons. The lowest BCUT2D eigenvalue weighted by Gasteiger charge is -2.10. The second kappa shape index (κ2) is 4.79. The molecule has 2 rings (SSSR count). The van der Waals surface area contributed by atoms with Gasteiger partial charge < -0.3 is 5.32 Å². The van der Waals surface area contributed by atoms with Crippen LogP contribution in [0.2, 0.25) is 0 Å². The first-order valence-electron chi connectivity index (χ1n) is 5.43. The topological polar surface area (TPSA) is 63.2 Å². The minimum absolute atomic E-state index is 0.134. The number of carbonyl (C=O) groups excluding carboxylic acids is 3. The van der Waals surface area contributed by atoms with Gasteiger partial charge in [0.1, 0.15) is 0 Å². The summed E-state index contributed by atoms with van der Waals surface area (Å²) in [5, 5.41) is 2.62. The average Bonchev–Trinajstić information content (AvgIpc) is 2.35. The van der Waals surface area contributed by atoms with E-state index >= 15 is 0 Å². The van der Waals surface area contributed by atoms with Crippen molar-refractivity contribution in [2.24, 2.45) is 0 Å². The lowest BCUT2D eigenvalue weighted by atomic mass is 10.0. The van der Waals surface area contributed by atoms with Crippen molar-refractivity contribution < 1.29 is 14.4 Å². The lowest BCUT2D eigenvalue weighted by Crippen LogP contribution is -2.22. The monoisotopic (exact) mass is 241 g/mol. The van der Waals surface area contributed by atoms with Gasteiger partial charge in [0.25, 0.3) is 5.91 Å². The number of hydrogen-bond acceptors (Lipinski definition) is 3. The number of carbonyl (C=O) groups is 3. The van der Waals surface area contributed by atoms with Crippen LogP contribution in [-0.2, 0) is 14.4 Å². The molecule has 1 aliphatic rings. The molecule has 0 atom stereocenters. The smallest absolute Gasteiger partial charge is 0.259 e. The Hall–Kier alpha value is -2.49. The third kappa shape index (κ3) is 2.43. The van der Waals surface area contributed by atoms with Crippen LogP contribution >= 0.6 is 0 Å². The van der Waals surface area contributed by atoms with Gasteiger partial charge in [0.2, 0.25) is 0 Å². The molecule has 4 nitrogen and oxygen atoms in total. The molecule has 0 aromatic heterocycles. The average molecular weight is 241 g/mol. The van der Waals surface area contributed by atoms with Crippen LogP contribution in [0.25, 0.3) is 0 Å². The number of aryl methyl sites for hydroxylation is 1. The molecule has 18 heavy (non-hydrogen) atoms. The molecule has 1 amide bonds. The number of anilines is 1. The van der Waals surface area contributed by atoms with E-state index in [1.54, 1.807) is 12.1 Å². The van der Waals surface area contributed by atoms with Crippen molar-refractivity contribution in [1.82, 2.24) is 0 Å². The molecule has 90 valence electrons. The van der Waals surface area contributed by atoms with E-state index in [0.717, 1.165) is 23.8 Å². The zero-order valence-corrected chi connectivity index (χ0v) is 9.77. The molecule has 1 N–H and O–H groups in total. The molecular formula is C14H11NO3. The van der Waals surface area contributed by atoms with Crippen LogP contribution in [0.5, 0.6) is 0 Å². The summed E-state index contributed by atoms with van der Waals surface area (Å²) >= 11 is 0. The Bertz CT molecular complexity index is 597. The normalized spacial score (nSPS) is 14.4. The Morgan fingerprint density at radius 3 is 2.56 bits per heavy atom. The molecule has 4 heteroatoms. The van der Waals surface area contributed by atoms with Gasteiger partial charge in [-0.25, -0.2) is 0 Å². The molecule has 0 saturated heterocycles. The van der Waals surface area contributed by atoms with E-state index in [2.05, 4.69) is 5.32 Å². The Morgan fingerprint density at radius 2 is 1.83 bits per heavy atom. The van der Waals surface area contributed by atoms with Crippen LogP contribution in [0, 0.1) is 6.92 Å². The fraction of sp³-hybridized carbons (Fsp3) is 0.0714. The summed E-state index contributed by atoms with van der Waals surface area (Å²) in [7, 11) is 0. The maximum absolute atomic E-state index is 11.9. The zero-order chi connectivity index (χ0) is 13.1. The number of hydrogen-bond donors (Lipinski definition) is 1. The predicted octanol–water partition coefficient (Wildman–Crippen LogP) is 1.57. The van der Waals surface area contributed by atoms with Crippen LogP contribution < -0.4 is 5.32 Å². The van der Waals surface area contributed by atoms with E-state index in [1.807, 2.05) is 19.1 Å². The van der Waals surface area contributed by atoms with Gasteiger partial charge in [-0.2, -0.15) is 0 Å². The molecule has 0 spiro atoms. The van der Waals surface area contributed by atoms with Crippen LogP contribution in [0.4, 0.5) is 5.69 Å². The summed E-state index contributed by atoms with van der Waals surface area (Å²) in [6.07, 6.45) is 3.30. The van der Waals surface area contributed by atoms with Crippen LogP contribution in [0.15, 0.2) is 48.1 Å². The highest BCUT2D eigenvalue weighted by Crippen LogP contribution is 2.15. The van der Waals surface area contributed by atoms with Crippen LogP contribution in [-0.4, -0.2) is 17.5 Å². The molecule has 0 bridgehead atoms. The lowest BCUT2D eigenvalue weighted by molar-refractivity contribution is -0.119. The van der Waals surface area contributed by atoms with Crippen molar-refractivity contribution in [2.75, 3.05) is 5.32 Å². The molecule has 1 aromatic carbocycles. The zero-order valence-electron chi connectivity index (χ0n) is 9.77. The fourth-order valence-corrected chi connectivity index (χ4v) is 1.59. The number of allylic oxidation sites excluding steroid dienone is 3. The Morgan fingerprint density at radius 1 is 1.11 bits per heavy atom. The maximum atomic E-state index is 11.9. The van der Waals surface area contributed by atoms with Gasteiger partial charge in [0, 0.05) is 11.8 Å². The first-order chi connectivity index (χ1) is 8.58. The third-order valence-electron chi connectivity index (χ3n) is 2.59. The summed E-state index contributed by atoms with van der Waals surface area (Å²) in [5.41, 5.74) is 1.38. The largest absolute Gasteiger partial charge is 0.322 e. The minimum Gasteiger partial charge on any atom is -0.322 e. The number of amides is 1. The van der Waals surface area contributed by atoms with Gasteiger partial charge in [-0.15, -0.1) is 0 Å². The third-order valence-corrected chi connectivity index (χ3v) is 2.59. The van der Waals surface area contributed by atoms with Gasteiger partial charge in [-0.3, -0.25) is 14.4 Å². The van der Waals surface area contributed by atoms with Crippen LogP contribution in [0.3, 0.4) is 0 Å². The number of rotatable bonds is 2. The first kappa shape index (κ1) is 12.0. The van der Waals surface area contributed by atoms with E-state index in [1.165, 1.54) is 0 Å². The fourth-order valence-electron chi connectivity index (χ4n) is 1.59. The predicted molar refractivity (Wildman–Crippen MR) is 67.0 cm³/mol. The quantitative estimate of drug-likeness (QED) is 0.631. The van der Waals surface area contributed by atoms with E-state index in [9.17, 15) is 14.4 Å². The van der Waals surface area contributed by atoms with E-state index in [-0.39, 0.29) is 11.4 Å². The van der Waals surface area contributed by atoms with Gasteiger partial charge in [0.05, 0.1) is 5.57 Å². The van der Waals surface area contributed by atoms with Gasteiger partial charge in [0.15, 0.2) is 11.6 Å². The number of benzene rings is 1. The van der Waals surface area contributed by atoms with E-state index < -0.39 is 11.7 Å². The van der Waals surface area contributed by atoms with Crippen molar-refractivity contribution in [1.29, 1.82) is 0 Å². The molecule has 0 aliphatic heterocycles. The Balaban J connectivity index is 2.21. The molecule has 0 fully saturated rings. The molecular weight excluding hydrogens is 230 g/mol. The molecule has 1 aliphatic carbocycles. The minimum atomic E-state index is -0.563. The molecule has 0 unspecified atom stereocenters. The Labute approximate surface area is 104 Å². The van der Waals surface area contributed by atoms with Crippen molar-refractivity contribution in [3.63, 3.8) is 0 Å². The highest BCUT2D eigenvalue weighted by atomic mass is 16.2. The van der Waals surface area contributed by atoms with Gasteiger partial charge >= 0.3 is 0 Å². The SMILES string of the molecule is Cc1ccccc1NC(=O)C1=CC(=O)C=CC1=O. The summed E-state index contributed by atoms with van der Waals surface area (Å²) in [5.74, 6) is -1.38. The number of ketones is 2. The van der Waals surface area contributed by atoms with E-state index in [0.29, 0.717) is 5.69 Å². The highest BCUT2D eigenvalue weighted by molar-refractivity contribution is 6.32. The van der Waals surface area contributed by atoms with Crippen molar-refractivity contribution >= 4 is 23.2 Å². The number of nitrogens with one attached hydrogen (secondary N) is 1. The van der Waals surface area contributed by atoms with Crippen molar-refractivity contribution in [3.05, 3.63) is 53.6 Å². The highest BCUT2D eigenvalue weighted by Gasteiger charge is 2.20. The molecule has 0 saturated carbocycles. The van der Waals surface area contributed by atoms with E-state index in [4.69, 9.17) is 0 Å². The summed E-state index contributed by atoms with van der Waals surface area (Å²) < 4.78 is 0. The molecule has 1 aromatic rings. The van der Waals surface area contributed by atoms with Gasteiger partial charge in [-0.05, 0) is 30.7 Å².